The van der Waals surface area contributed by atoms with Crippen molar-refractivity contribution in [2.24, 2.45) is 0 Å². The summed E-state index contributed by atoms with van der Waals surface area (Å²) >= 11 is 3.53. The Morgan fingerprint density at radius 3 is 2.51 bits per heavy atom. The summed E-state index contributed by atoms with van der Waals surface area (Å²) in [5.74, 6) is 0.389. The van der Waals surface area contributed by atoms with Crippen LogP contribution in [0.15, 0.2) is 58.0 Å². The molecule has 1 amide bonds. The van der Waals surface area contributed by atoms with Gasteiger partial charge in [0.15, 0.2) is 0 Å². The molecule has 8 nitrogen and oxygen atoms in total. The maximum Gasteiger partial charge on any atom is 0.263 e. The van der Waals surface area contributed by atoms with E-state index in [9.17, 15) is 13.2 Å². The van der Waals surface area contributed by atoms with Crippen molar-refractivity contribution in [3.8, 4) is 5.75 Å². The standard InChI is InChI=1S/C27H34BrN3O5S/c1-18(2)35-21-7-9-22(10-8-21)37(33,34)31-13-12-19(15-31)24-16-30(17-26(32)29-36-27(3,4)5)25-14-20(28)6-11-23(24)25/h6-11,14,16,18-19H,12-13,15,17H2,1-5H3,(H,29,32). The lowest BCUT2D eigenvalue weighted by Gasteiger charge is -2.19. The predicted octanol–water partition coefficient (Wildman–Crippen LogP) is 5.22. The van der Waals surface area contributed by atoms with Crippen LogP contribution in [0.3, 0.4) is 0 Å². The van der Waals surface area contributed by atoms with Gasteiger partial charge in [-0.3, -0.25) is 9.63 Å². The summed E-state index contributed by atoms with van der Waals surface area (Å²) in [5, 5.41) is 1.01. The lowest BCUT2D eigenvalue weighted by atomic mass is 9.98. The van der Waals surface area contributed by atoms with Gasteiger partial charge in [-0.2, -0.15) is 4.31 Å². The molecule has 10 heteroatoms. The lowest BCUT2D eigenvalue weighted by Crippen LogP contribution is -2.35. The fourth-order valence-corrected chi connectivity index (χ4v) is 6.31. The first-order chi connectivity index (χ1) is 17.3. The highest BCUT2D eigenvalue weighted by Crippen LogP contribution is 2.37. The molecule has 1 atom stereocenters. The molecule has 0 radical (unpaired) electrons. The first-order valence-corrected chi connectivity index (χ1v) is 14.6. The highest BCUT2D eigenvalue weighted by atomic mass is 79.9. The monoisotopic (exact) mass is 591 g/mol. The molecule has 1 aliphatic rings. The number of halogens is 1. The number of benzene rings is 2. The Morgan fingerprint density at radius 2 is 1.86 bits per heavy atom. The number of nitrogens with one attached hydrogen (secondary N) is 1. The van der Waals surface area contributed by atoms with E-state index in [0.717, 1.165) is 20.9 Å². The molecule has 3 aromatic rings. The number of fused-ring (bicyclic) bond motifs is 1. The van der Waals surface area contributed by atoms with E-state index in [0.29, 0.717) is 25.3 Å². The van der Waals surface area contributed by atoms with E-state index < -0.39 is 15.6 Å². The quantitative estimate of drug-likeness (QED) is 0.363. The fraction of sp³-hybridized carbons (Fsp3) is 0.444. The van der Waals surface area contributed by atoms with Gasteiger partial charge < -0.3 is 9.30 Å². The molecule has 2 heterocycles. The second-order valence-electron chi connectivity index (χ2n) is 10.6. The Kier molecular flexibility index (Phi) is 8.04. The van der Waals surface area contributed by atoms with Gasteiger partial charge in [-0.1, -0.05) is 22.0 Å². The van der Waals surface area contributed by atoms with Crippen molar-refractivity contribution in [3.05, 3.63) is 58.7 Å². The summed E-state index contributed by atoms with van der Waals surface area (Å²) in [6, 6.07) is 12.5. The number of sulfonamides is 1. The van der Waals surface area contributed by atoms with E-state index in [1.807, 2.05) is 63.6 Å². The van der Waals surface area contributed by atoms with E-state index >= 15 is 0 Å². The van der Waals surface area contributed by atoms with E-state index in [-0.39, 0.29) is 29.4 Å². The molecule has 37 heavy (non-hydrogen) atoms. The molecule has 200 valence electrons. The number of aromatic nitrogens is 1. The number of carbonyl (C=O) groups excluding carboxylic acids is 1. The van der Waals surface area contributed by atoms with Crippen molar-refractivity contribution in [3.63, 3.8) is 0 Å². The molecular formula is C27H34BrN3O5S. The lowest BCUT2D eigenvalue weighted by molar-refractivity contribution is -0.146. The van der Waals surface area contributed by atoms with Crippen molar-refractivity contribution in [1.82, 2.24) is 14.4 Å². The molecule has 0 bridgehead atoms. The number of hydroxylamine groups is 1. The van der Waals surface area contributed by atoms with E-state index in [2.05, 4.69) is 21.4 Å². The Morgan fingerprint density at radius 1 is 1.16 bits per heavy atom. The third-order valence-corrected chi connectivity index (χ3v) is 8.46. The number of hydrogen-bond acceptors (Lipinski definition) is 5. The maximum absolute atomic E-state index is 13.4. The van der Waals surface area contributed by atoms with Crippen molar-refractivity contribution < 1.29 is 22.8 Å². The Hall–Kier alpha value is -2.40. The van der Waals surface area contributed by atoms with Gasteiger partial charge in [-0.05, 0) is 83.0 Å². The molecule has 1 N–H and O–H groups in total. The normalized spacial score (nSPS) is 17.0. The average Bonchev–Trinajstić information content (AvgIpc) is 3.43. The molecule has 1 aliphatic heterocycles. The zero-order valence-electron chi connectivity index (χ0n) is 21.8. The van der Waals surface area contributed by atoms with Gasteiger partial charge in [0.25, 0.3) is 5.91 Å². The molecule has 1 unspecified atom stereocenters. The smallest absolute Gasteiger partial charge is 0.263 e. The number of hydrogen-bond donors (Lipinski definition) is 1. The third kappa shape index (κ3) is 6.54. The van der Waals surface area contributed by atoms with Gasteiger partial charge >= 0.3 is 0 Å². The number of carbonyl (C=O) groups is 1. The maximum atomic E-state index is 13.4. The van der Waals surface area contributed by atoms with E-state index in [1.165, 1.54) is 0 Å². The first kappa shape index (κ1) is 27.6. The Balaban J connectivity index is 1.55. The summed E-state index contributed by atoms with van der Waals surface area (Å²) < 4.78 is 36.7. The number of nitrogens with zero attached hydrogens (tertiary/aromatic N) is 2. The minimum atomic E-state index is -3.64. The van der Waals surface area contributed by atoms with Crippen LogP contribution in [0.5, 0.6) is 5.75 Å². The second kappa shape index (κ2) is 10.8. The fourth-order valence-electron chi connectivity index (χ4n) is 4.46. The molecule has 0 aliphatic carbocycles. The summed E-state index contributed by atoms with van der Waals surface area (Å²) in [6.07, 6.45) is 2.68. The number of ether oxygens (including phenoxy) is 1. The van der Waals surface area contributed by atoms with Gasteiger partial charge in [0.2, 0.25) is 10.0 Å². The molecule has 0 saturated carbocycles. The highest BCUT2D eigenvalue weighted by molar-refractivity contribution is 9.10. The Labute approximate surface area is 227 Å². The molecular weight excluding hydrogens is 558 g/mol. The molecule has 0 spiro atoms. The van der Waals surface area contributed by atoms with Gasteiger partial charge in [0, 0.05) is 40.6 Å². The molecule has 2 aromatic carbocycles. The summed E-state index contributed by atoms with van der Waals surface area (Å²) in [6.45, 7) is 10.3. The largest absolute Gasteiger partial charge is 0.491 e. The third-order valence-electron chi connectivity index (χ3n) is 6.08. The van der Waals surface area contributed by atoms with Crippen LogP contribution in [-0.2, 0) is 26.2 Å². The number of rotatable bonds is 8. The topological polar surface area (TPSA) is 89.9 Å². The second-order valence-corrected chi connectivity index (χ2v) is 13.5. The minimum absolute atomic E-state index is 0.0112. The van der Waals surface area contributed by atoms with Crippen LogP contribution in [0.25, 0.3) is 10.9 Å². The van der Waals surface area contributed by atoms with Crippen molar-refractivity contribution in [2.75, 3.05) is 13.1 Å². The van der Waals surface area contributed by atoms with Gasteiger partial charge in [-0.15, -0.1) is 0 Å². The van der Waals surface area contributed by atoms with Crippen molar-refractivity contribution in [2.45, 2.75) is 70.1 Å². The van der Waals surface area contributed by atoms with Gasteiger partial charge in [0.05, 0.1) is 16.6 Å². The van der Waals surface area contributed by atoms with Gasteiger partial charge in [-0.25, -0.2) is 13.9 Å². The highest BCUT2D eigenvalue weighted by Gasteiger charge is 2.34. The van der Waals surface area contributed by atoms with Crippen LogP contribution in [0.2, 0.25) is 0 Å². The Bertz CT molecular complexity index is 1380. The van der Waals surface area contributed by atoms with Gasteiger partial charge in [0.1, 0.15) is 12.3 Å². The number of amides is 1. The summed E-state index contributed by atoms with van der Waals surface area (Å²) in [5.41, 5.74) is 3.96. The zero-order valence-corrected chi connectivity index (χ0v) is 24.2. The van der Waals surface area contributed by atoms with Crippen LogP contribution in [0, 0.1) is 0 Å². The van der Waals surface area contributed by atoms with Crippen LogP contribution in [0.4, 0.5) is 0 Å². The summed E-state index contributed by atoms with van der Waals surface area (Å²) in [4.78, 5) is 18.3. The molecule has 1 fully saturated rings. The van der Waals surface area contributed by atoms with Crippen LogP contribution < -0.4 is 10.2 Å². The minimum Gasteiger partial charge on any atom is -0.491 e. The predicted molar refractivity (Wildman–Crippen MR) is 147 cm³/mol. The van der Waals surface area contributed by atoms with Crippen molar-refractivity contribution in [1.29, 1.82) is 0 Å². The molecule has 4 rings (SSSR count). The van der Waals surface area contributed by atoms with E-state index in [4.69, 9.17) is 9.57 Å². The van der Waals surface area contributed by atoms with Crippen LogP contribution in [-0.4, -0.2) is 48.0 Å². The molecule has 1 saturated heterocycles. The zero-order chi connectivity index (χ0) is 27.0. The van der Waals surface area contributed by atoms with Crippen molar-refractivity contribution >= 4 is 42.8 Å². The first-order valence-electron chi connectivity index (χ1n) is 12.4. The summed E-state index contributed by atoms with van der Waals surface area (Å²) in [7, 11) is -3.64. The van der Waals surface area contributed by atoms with Crippen LogP contribution >= 0.6 is 15.9 Å². The average molecular weight is 593 g/mol. The van der Waals surface area contributed by atoms with Crippen LogP contribution in [0.1, 0.15) is 52.5 Å². The molecule has 1 aromatic heterocycles. The SMILES string of the molecule is CC(C)Oc1ccc(S(=O)(=O)N2CCC(c3cn(CC(=O)NOC(C)(C)C)c4cc(Br)ccc34)C2)cc1. The van der Waals surface area contributed by atoms with E-state index in [1.54, 1.807) is 28.6 Å².